The van der Waals surface area contributed by atoms with Crippen molar-refractivity contribution in [1.29, 1.82) is 0 Å². The molecule has 2 N–H and O–H groups in total. The van der Waals surface area contributed by atoms with Crippen molar-refractivity contribution in [3.05, 3.63) is 82.9 Å². The minimum absolute atomic E-state index is 0.0383. The summed E-state index contributed by atoms with van der Waals surface area (Å²) in [6, 6.07) is 15.2. The van der Waals surface area contributed by atoms with E-state index in [9.17, 15) is 13.2 Å². The number of carbonyl (C=O) groups excluding carboxylic acids is 1. The third kappa shape index (κ3) is 4.77. The molecule has 2 amide bonds. The summed E-state index contributed by atoms with van der Waals surface area (Å²) in [5.41, 5.74) is 11.9. The summed E-state index contributed by atoms with van der Waals surface area (Å²) in [6.07, 6.45) is 1.10. The number of benzene rings is 2. The number of urea groups is 1. The summed E-state index contributed by atoms with van der Waals surface area (Å²) in [5, 5.41) is 0. The van der Waals surface area contributed by atoms with Crippen LogP contribution < -0.4 is 5.73 Å². The lowest BCUT2D eigenvalue weighted by Gasteiger charge is -2.20. The molecule has 0 saturated heterocycles. The Morgan fingerprint density at radius 2 is 1.66 bits per heavy atom. The second-order valence-corrected chi connectivity index (χ2v) is 10.4. The number of aryl methyl sites for hydroxylation is 4. The van der Waals surface area contributed by atoms with Crippen LogP contribution in [0.3, 0.4) is 0 Å². The molecule has 0 bridgehead atoms. The lowest BCUT2D eigenvalue weighted by atomic mass is 10.1. The maximum atomic E-state index is 13.0. The predicted octanol–water partition coefficient (Wildman–Crippen LogP) is 4.22. The first-order valence-corrected chi connectivity index (χ1v) is 12.9. The Bertz CT molecular complexity index is 1490. The highest BCUT2D eigenvalue weighted by molar-refractivity contribution is 7.89. The topological polar surface area (TPSA) is 111 Å². The number of aromatic nitrogens is 3. The van der Waals surface area contributed by atoms with E-state index in [1.54, 1.807) is 12.1 Å². The Kier molecular flexibility index (Phi) is 6.62. The van der Waals surface area contributed by atoms with Crippen LogP contribution in [-0.2, 0) is 22.9 Å². The van der Waals surface area contributed by atoms with Gasteiger partial charge in [0.2, 0.25) is 0 Å². The smallest absolute Gasteiger partial charge is 0.328 e. The zero-order valence-electron chi connectivity index (χ0n) is 20.3. The highest BCUT2D eigenvalue weighted by atomic mass is 32.2. The second kappa shape index (κ2) is 9.50. The van der Waals surface area contributed by atoms with Gasteiger partial charge in [-0.3, -0.25) is 9.55 Å². The Labute approximate surface area is 205 Å². The van der Waals surface area contributed by atoms with Gasteiger partial charge in [0.1, 0.15) is 11.3 Å². The maximum absolute atomic E-state index is 13.0. The van der Waals surface area contributed by atoms with E-state index in [1.807, 2.05) is 51.1 Å². The van der Waals surface area contributed by atoms with Crippen LogP contribution in [0.4, 0.5) is 4.79 Å². The molecule has 35 heavy (non-hydrogen) atoms. The molecule has 0 atom stereocenters. The van der Waals surface area contributed by atoms with E-state index in [4.69, 9.17) is 10.7 Å². The zero-order chi connectivity index (χ0) is 25.3. The molecule has 2 aromatic carbocycles. The monoisotopic (exact) mass is 491 g/mol. The summed E-state index contributed by atoms with van der Waals surface area (Å²) in [7, 11) is -4.03. The third-order valence-corrected chi connectivity index (χ3v) is 7.79. The zero-order valence-corrected chi connectivity index (χ0v) is 21.1. The Hall–Kier alpha value is -3.72. The van der Waals surface area contributed by atoms with Crippen LogP contribution in [0.5, 0.6) is 0 Å². The molecular formula is C26H29N5O3S. The largest absolute Gasteiger partial charge is 0.351 e. The first kappa shape index (κ1) is 24.4. The SMILES string of the molecule is CCc1nc2c(C)nc(C)cc2n1-c1ccc(CCN(C(N)=O)S(=O)(=O)c2ccc(C)cc2)cc1. The van der Waals surface area contributed by atoms with E-state index in [1.165, 1.54) is 12.1 Å². The molecular weight excluding hydrogens is 462 g/mol. The minimum Gasteiger partial charge on any atom is -0.351 e. The van der Waals surface area contributed by atoms with Gasteiger partial charge in [-0.15, -0.1) is 0 Å². The molecule has 182 valence electrons. The van der Waals surface area contributed by atoms with Gasteiger partial charge in [0.25, 0.3) is 10.0 Å². The Balaban J connectivity index is 1.59. The summed E-state index contributed by atoms with van der Waals surface area (Å²) >= 11 is 0. The lowest BCUT2D eigenvalue weighted by molar-refractivity contribution is 0.232. The van der Waals surface area contributed by atoms with Gasteiger partial charge in [0.05, 0.1) is 16.1 Å². The Morgan fingerprint density at radius 3 is 2.26 bits per heavy atom. The van der Waals surface area contributed by atoms with Gasteiger partial charge in [-0.2, -0.15) is 0 Å². The number of fused-ring (bicyclic) bond motifs is 1. The fourth-order valence-electron chi connectivity index (χ4n) is 4.18. The number of hydrogen-bond acceptors (Lipinski definition) is 5. The van der Waals surface area contributed by atoms with Crippen molar-refractivity contribution in [1.82, 2.24) is 18.8 Å². The number of carbonyl (C=O) groups is 1. The summed E-state index contributed by atoms with van der Waals surface area (Å²) in [5.74, 6) is 0.937. The van der Waals surface area contributed by atoms with E-state index < -0.39 is 16.1 Å². The quantitative estimate of drug-likeness (QED) is 0.416. The highest BCUT2D eigenvalue weighted by Crippen LogP contribution is 2.25. The van der Waals surface area contributed by atoms with Crippen molar-refractivity contribution in [2.45, 2.75) is 45.4 Å². The van der Waals surface area contributed by atoms with Crippen LogP contribution in [0.1, 0.15) is 35.3 Å². The number of amides is 2. The van der Waals surface area contributed by atoms with Crippen molar-refractivity contribution in [2.24, 2.45) is 5.73 Å². The summed E-state index contributed by atoms with van der Waals surface area (Å²) < 4.78 is 28.8. The van der Waals surface area contributed by atoms with E-state index in [-0.39, 0.29) is 11.4 Å². The van der Waals surface area contributed by atoms with Crippen LogP contribution in [-0.4, -0.2) is 39.8 Å². The van der Waals surface area contributed by atoms with Gasteiger partial charge in [0.15, 0.2) is 0 Å². The first-order chi connectivity index (χ1) is 16.6. The second-order valence-electron chi connectivity index (χ2n) is 8.58. The fourth-order valence-corrected chi connectivity index (χ4v) is 5.48. The highest BCUT2D eigenvalue weighted by Gasteiger charge is 2.27. The molecule has 0 unspecified atom stereocenters. The van der Waals surface area contributed by atoms with Crippen molar-refractivity contribution < 1.29 is 13.2 Å². The van der Waals surface area contributed by atoms with Gasteiger partial charge in [-0.25, -0.2) is 22.5 Å². The average Bonchev–Trinajstić information content (AvgIpc) is 3.18. The number of sulfonamides is 1. The van der Waals surface area contributed by atoms with Gasteiger partial charge < -0.3 is 5.73 Å². The van der Waals surface area contributed by atoms with Gasteiger partial charge in [-0.05, 0) is 63.1 Å². The van der Waals surface area contributed by atoms with Crippen molar-refractivity contribution in [3.63, 3.8) is 0 Å². The van der Waals surface area contributed by atoms with Crippen LogP contribution in [0.2, 0.25) is 0 Å². The van der Waals surface area contributed by atoms with E-state index in [2.05, 4.69) is 16.5 Å². The average molecular weight is 492 g/mol. The third-order valence-electron chi connectivity index (χ3n) is 5.98. The molecule has 0 radical (unpaired) electrons. The molecule has 4 aromatic rings. The lowest BCUT2D eigenvalue weighted by Crippen LogP contribution is -2.41. The maximum Gasteiger partial charge on any atom is 0.328 e. The van der Waals surface area contributed by atoms with Gasteiger partial charge >= 0.3 is 6.03 Å². The van der Waals surface area contributed by atoms with Crippen LogP contribution in [0.15, 0.2) is 59.5 Å². The molecule has 8 nitrogen and oxygen atoms in total. The number of pyridine rings is 1. The first-order valence-electron chi connectivity index (χ1n) is 11.5. The summed E-state index contributed by atoms with van der Waals surface area (Å²) in [6.45, 7) is 7.80. The molecule has 4 rings (SSSR count). The number of primary amides is 1. The molecule has 2 aromatic heterocycles. The number of rotatable bonds is 7. The molecule has 9 heteroatoms. The van der Waals surface area contributed by atoms with Crippen LogP contribution >= 0.6 is 0 Å². The Morgan fingerprint density at radius 1 is 1.00 bits per heavy atom. The van der Waals surface area contributed by atoms with E-state index >= 15 is 0 Å². The van der Waals surface area contributed by atoms with Gasteiger partial charge in [-0.1, -0.05) is 36.8 Å². The summed E-state index contributed by atoms with van der Waals surface area (Å²) in [4.78, 5) is 21.4. The van der Waals surface area contributed by atoms with Crippen molar-refractivity contribution in [3.8, 4) is 5.69 Å². The van der Waals surface area contributed by atoms with E-state index in [0.29, 0.717) is 6.42 Å². The number of nitrogens with zero attached hydrogens (tertiary/aromatic N) is 4. The van der Waals surface area contributed by atoms with E-state index in [0.717, 1.165) is 55.8 Å². The number of imidazole rings is 1. The fraction of sp³-hybridized carbons (Fsp3) is 0.269. The normalized spacial score (nSPS) is 11.7. The molecule has 2 heterocycles. The molecule has 0 aliphatic rings. The standard InChI is InChI=1S/C26H29N5O3S/c1-5-24-29-25-19(4)28-18(3)16-23(25)31(24)21-10-8-20(9-11-21)14-15-30(26(27)32)35(33,34)22-12-6-17(2)7-13-22/h6-13,16H,5,14-15H2,1-4H3,(H2,27,32). The molecule has 0 saturated carbocycles. The number of hydrogen-bond donors (Lipinski definition) is 1. The number of nitrogens with two attached hydrogens (primary N) is 1. The molecule has 0 spiro atoms. The van der Waals surface area contributed by atoms with Crippen LogP contribution in [0, 0.1) is 20.8 Å². The van der Waals surface area contributed by atoms with Crippen molar-refractivity contribution in [2.75, 3.05) is 6.54 Å². The molecule has 0 aliphatic carbocycles. The molecule has 0 aliphatic heterocycles. The van der Waals surface area contributed by atoms with Crippen molar-refractivity contribution >= 4 is 27.1 Å². The van der Waals surface area contributed by atoms with Gasteiger partial charge in [0, 0.05) is 24.3 Å². The molecule has 0 fully saturated rings. The van der Waals surface area contributed by atoms with Crippen LogP contribution in [0.25, 0.3) is 16.7 Å². The minimum atomic E-state index is -4.03. The predicted molar refractivity (Wildman–Crippen MR) is 136 cm³/mol.